The number of aldehydes is 1. The average Bonchev–Trinajstić information content (AvgIpc) is 2.78. The van der Waals surface area contributed by atoms with Gasteiger partial charge in [-0.25, -0.2) is 5.01 Å². The Balaban J connectivity index is 1.67. The maximum Gasteiger partial charge on any atom is 0.251 e. The summed E-state index contributed by atoms with van der Waals surface area (Å²) in [5, 5.41) is 25.6. The monoisotopic (exact) mass is 420 g/mol. The molecule has 1 aromatic carbocycles. The average molecular weight is 421 g/mol. The Morgan fingerprint density at radius 1 is 1.27 bits per heavy atom. The van der Waals surface area contributed by atoms with Crippen molar-refractivity contribution in [3.8, 4) is 5.75 Å². The summed E-state index contributed by atoms with van der Waals surface area (Å²) in [6.45, 7) is 4.85. The van der Waals surface area contributed by atoms with E-state index in [0.717, 1.165) is 38.8 Å². The SMILES string of the molecule is O=CCC[C@H](NC(=O)c1ccc(O)c(CN2CCOCC2)c1)C(O)N1CCCCN1. The minimum absolute atomic E-state index is 0.146. The second-order valence-electron chi connectivity index (χ2n) is 7.78. The molecule has 9 heteroatoms. The lowest BCUT2D eigenvalue weighted by Crippen LogP contribution is -2.58. The van der Waals surface area contributed by atoms with E-state index in [1.54, 1.807) is 17.1 Å². The third kappa shape index (κ3) is 6.23. The zero-order valence-corrected chi connectivity index (χ0v) is 17.3. The van der Waals surface area contributed by atoms with Crippen molar-refractivity contribution in [1.82, 2.24) is 20.7 Å². The summed E-state index contributed by atoms with van der Waals surface area (Å²) in [5.74, 6) is -0.196. The van der Waals surface area contributed by atoms with Crippen molar-refractivity contribution in [2.24, 2.45) is 0 Å². The number of nitrogens with zero attached hydrogens (tertiary/aromatic N) is 2. The first-order chi connectivity index (χ1) is 14.6. The van der Waals surface area contributed by atoms with Gasteiger partial charge < -0.3 is 25.1 Å². The van der Waals surface area contributed by atoms with Crippen LogP contribution in [-0.2, 0) is 16.1 Å². The van der Waals surface area contributed by atoms with E-state index in [1.807, 2.05) is 0 Å². The number of aliphatic hydroxyl groups is 1. The van der Waals surface area contributed by atoms with E-state index in [2.05, 4.69) is 15.6 Å². The third-order valence-electron chi connectivity index (χ3n) is 5.57. The number of benzene rings is 1. The summed E-state index contributed by atoms with van der Waals surface area (Å²) in [7, 11) is 0. The molecule has 2 fully saturated rings. The van der Waals surface area contributed by atoms with Crippen molar-refractivity contribution in [2.45, 2.75) is 44.5 Å². The topological polar surface area (TPSA) is 114 Å². The van der Waals surface area contributed by atoms with E-state index < -0.39 is 12.3 Å². The number of amides is 1. The van der Waals surface area contributed by atoms with Gasteiger partial charge in [-0.05, 0) is 37.5 Å². The van der Waals surface area contributed by atoms with Gasteiger partial charge in [0.15, 0.2) is 0 Å². The van der Waals surface area contributed by atoms with Crippen LogP contribution in [0.15, 0.2) is 18.2 Å². The van der Waals surface area contributed by atoms with Crippen LogP contribution in [0.5, 0.6) is 5.75 Å². The lowest BCUT2D eigenvalue weighted by Gasteiger charge is -2.36. The standard InChI is InChI=1S/C21H32N4O5/c26-11-3-4-18(21(29)25-8-2-1-7-22-25)23-20(28)16-5-6-19(27)17(14-16)15-24-9-12-30-13-10-24/h5-6,11,14,18,21-22,27,29H,1-4,7-10,12-13,15H2,(H,23,28)/t18-,21?/m0/s1. The van der Waals surface area contributed by atoms with Crippen LogP contribution in [0.2, 0.25) is 0 Å². The second kappa shape index (κ2) is 11.4. The van der Waals surface area contributed by atoms with Gasteiger partial charge >= 0.3 is 0 Å². The van der Waals surface area contributed by atoms with Gasteiger partial charge in [-0.1, -0.05) is 0 Å². The molecule has 1 aromatic rings. The molecular weight excluding hydrogens is 388 g/mol. The molecule has 0 aliphatic carbocycles. The molecule has 2 atom stereocenters. The lowest BCUT2D eigenvalue weighted by molar-refractivity contribution is -0.108. The van der Waals surface area contributed by atoms with Gasteiger partial charge in [0.25, 0.3) is 5.91 Å². The molecule has 2 heterocycles. The highest BCUT2D eigenvalue weighted by Crippen LogP contribution is 2.21. The van der Waals surface area contributed by atoms with Crippen LogP contribution in [0, 0.1) is 0 Å². The molecule has 0 spiro atoms. The Bertz CT molecular complexity index is 705. The van der Waals surface area contributed by atoms with E-state index >= 15 is 0 Å². The van der Waals surface area contributed by atoms with Gasteiger partial charge in [-0.15, -0.1) is 0 Å². The fourth-order valence-electron chi connectivity index (χ4n) is 3.80. The highest BCUT2D eigenvalue weighted by atomic mass is 16.5. The number of nitrogens with one attached hydrogen (secondary N) is 2. The molecule has 2 aliphatic heterocycles. The van der Waals surface area contributed by atoms with Crippen LogP contribution in [0.3, 0.4) is 0 Å². The maximum absolute atomic E-state index is 12.9. The predicted octanol–water partition coefficient (Wildman–Crippen LogP) is 0.221. The molecule has 9 nitrogen and oxygen atoms in total. The number of phenolic OH excluding ortho intramolecular Hbond substituents is 1. The van der Waals surface area contributed by atoms with Crippen LogP contribution in [0.4, 0.5) is 0 Å². The Kier molecular flexibility index (Phi) is 8.59. The Hall–Kier alpha value is -2.04. The molecule has 166 valence electrons. The van der Waals surface area contributed by atoms with Crippen LogP contribution in [-0.4, -0.2) is 84.0 Å². The number of ether oxygens (including phenoxy) is 1. The summed E-state index contributed by atoms with van der Waals surface area (Å²) in [5.41, 5.74) is 4.23. The zero-order valence-electron chi connectivity index (χ0n) is 17.3. The molecular formula is C21H32N4O5. The maximum atomic E-state index is 12.9. The first-order valence-electron chi connectivity index (χ1n) is 10.6. The number of aliphatic hydroxyl groups excluding tert-OH is 1. The highest BCUT2D eigenvalue weighted by Gasteiger charge is 2.28. The number of morpholine rings is 1. The number of hydrogen-bond acceptors (Lipinski definition) is 8. The Morgan fingerprint density at radius 3 is 2.77 bits per heavy atom. The number of hydrogen-bond donors (Lipinski definition) is 4. The van der Waals surface area contributed by atoms with Crippen LogP contribution >= 0.6 is 0 Å². The van der Waals surface area contributed by atoms with Gasteiger partial charge in [0.2, 0.25) is 0 Å². The summed E-state index contributed by atoms with van der Waals surface area (Å²) < 4.78 is 5.35. The molecule has 0 saturated carbocycles. The van der Waals surface area contributed by atoms with Gasteiger partial charge in [0.1, 0.15) is 18.3 Å². The number of aromatic hydroxyl groups is 1. The fraction of sp³-hybridized carbons (Fsp3) is 0.619. The van der Waals surface area contributed by atoms with Crippen molar-refractivity contribution in [1.29, 1.82) is 0 Å². The molecule has 30 heavy (non-hydrogen) atoms. The number of phenols is 1. The van der Waals surface area contributed by atoms with Crippen molar-refractivity contribution >= 4 is 12.2 Å². The second-order valence-corrected chi connectivity index (χ2v) is 7.78. The van der Waals surface area contributed by atoms with Gasteiger partial charge in [-0.2, -0.15) is 0 Å². The molecule has 1 amide bonds. The minimum atomic E-state index is -0.931. The minimum Gasteiger partial charge on any atom is -0.508 e. The lowest BCUT2D eigenvalue weighted by atomic mass is 10.1. The molecule has 4 N–H and O–H groups in total. The number of rotatable bonds is 9. The van der Waals surface area contributed by atoms with Crippen LogP contribution in [0.25, 0.3) is 0 Å². The van der Waals surface area contributed by atoms with Gasteiger partial charge in [0, 0.05) is 50.3 Å². The van der Waals surface area contributed by atoms with E-state index in [1.165, 1.54) is 6.07 Å². The summed E-state index contributed by atoms with van der Waals surface area (Å²) in [6.07, 6.45) is 2.44. The first kappa shape index (κ1) is 22.6. The molecule has 0 aromatic heterocycles. The molecule has 2 aliphatic rings. The summed E-state index contributed by atoms with van der Waals surface area (Å²) in [4.78, 5) is 25.9. The Morgan fingerprint density at radius 2 is 2.07 bits per heavy atom. The third-order valence-corrected chi connectivity index (χ3v) is 5.57. The normalized spacial score (nSPS) is 20.4. The molecule has 1 unspecified atom stereocenters. The smallest absolute Gasteiger partial charge is 0.251 e. The fourth-order valence-corrected chi connectivity index (χ4v) is 3.80. The molecule has 0 bridgehead atoms. The molecule has 3 rings (SSSR count). The van der Waals surface area contributed by atoms with Crippen molar-refractivity contribution in [2.75, 3.05) is 39.4 Å². The zero-order chi connectivity index (χ0) is 21.3. The highest BCUT2D eigenvalue weighted by molar-refractivity contribution is 5.94. The quantitative estimate of drug-likeness (QED) is 0.420. The summed E-state index contributed by atoms with van der Waals surface area (Å²) in [6, 6.07) is 4.18. The predicted molar refractivity (Wildman–Crippen MR) is 111 cm³/mol. The van der Waals surface area contributed by atoms with Crippen molar-refractivity contribution < 1.29 is 24.5 Å². The van der Waals surface area contributed by atoms with Gasteiger partial charge in [0.05, 0.1) is 19.3 Å². The number of carbonyl (C=O) groups excluding carboxylic acids is 2. The largest absolute Gasteiger partial charge is 0.508 e. The first-order valence-corrected chi connectivity index (χ1v) is 10.6. The van der Waals surface area contributed by atoms with Crippen molar-refractivity contribution in [3.63, 3.8) is 0 Å². The molecule has 2 saturated heterocycles. The number of hydrazine groups is 1. The van der Waals surface area contributed by atoms with E-state index in [-0.39, 0.29) is 18.1 Å². The summed E-state index contributed by atoms with van der Waals surface area (Å²) >= 11 is 0. The van der Waals surface area contributed by atoms with E-state index in [9.17, 15) is 19.8 Å². The van der Waals surface area contributed by atoms with Gasteiger partial charge in [-0.3, -0.25) is 15.1 Å². The molecule has 0 radical (unpaired) electrons. The number of carbonyl (C=O) groups is 2. The van der Waals surface area contributed by atoms with Crippen molar-refractivity contribution in [3.05, 3.63) is 29.3 Å². The van der Waals surface area contributed by atoms with E-state index in [4.69, 9.17) is 4.74 Å². The van der Waals surface area contributed by atoms with Crippen LogP contribution < -0.4 is 10.7 Å². The van der Waals surface area contributed by atoms with Crippen LogP contribution in [0.1, 0.15) is 41.6 Å². The van der Waals surface area contributed by atoms with E-state index in [0.29, 0.717) is 43.9 Å². The Labute approximate surface area is 177 Å².